The third-order valence-electron chi connectivity index (χ3n) is 2.52. The number of alkyl halides is 5. The molecule has 0 radical (unpaired) electrons. The molecule has 1 nitrogen and oxygen atoms in total. The molecule has 1 aromatic carbocycles. The van der Waals surface area contributed by atoms with Gasteiger partial charge in [0.15, 0.2) is 0 Å². The van der Waals surface area contributed by atoms with E-state index in [0.29, 0.717) is 11.5 Å². The van der Waals surface area contributed by atoms with Crippen LogP contribution < -0.4 is 0 Å². The second-order valence-corrected chi connectivity index (χ2v) is 3.96. The molecule has 2 aromatic rings. The highest BCUT2D eigenvalue weighted by Gasteiger charge is 2.59. The van der Waals surface area contributed by atoms with E-state index in [1.807, 2.05) is 0 Å². The molecule has 0 unspecified atom stereocenters. The van der Waals surface area contributed by atoms with E-state index in [2.05, 4.69) is 4.98 Å². The molecule has 0 saturated carbocycles. The first-order valence-corrected chi connectivity index (χ1v) is 5.04. The van der Waals surface area contributed by atoms with Gasteiger partial charge >= 0.3 is 12.1 Å². The summed E-state index contributed by atoms with van der Waals surface area (Å²) in [6, 6.07) is 6.60. The van der Waals surface area contributed by atoms with Crippen molar-refractivity contribution in [3.05, 3.63) is 41.6 Å². The SMILES string of the molecule is Cc1ccc2nc(C(F)(F)C(F)(F)F)ccc2c1. The summed E-state index contributed by atoms with van der Waals surface area (Å²) in [6.45, 7) is 1.79. The molecule has 0 N–H and O–H groups in total. The quantitative estimate of drug-likeness (QED) is 0.701. The number of nitrogens with zero attached hydrogens (tertiary/aromatic N) is 1. The largest absolute Gasteiger partial charge is 0.459 e. The van der Waals surface area contributed by atoms with Crippen LogP contribution in [-0.2, 0) is 5.92 Å². The summed E-state index contributed by atoms with van der Waals surface area (Å²) in [5, 5.41) is 0.525. The Morgan fingerprint density at radius 2 is 1.61 bits per heavy atom. The van der Waals surface area contributed by atoms with Crippen LogP contribution in [0.2, 0.25) is 0 Å². The Kier molecular flexibility index (Phi) is 2.76. The molecule has 0 atom stereocenters. The minimum atomic E-state index is -5.64. The molecule has 18 heavy (non-hydrogen) atoms. The molecule has 96 valence electrons. The molecule has 0 bridgehead atoms. The van der Waals surface area contributed by atoms with Gasteiger partial charge in [-0.25, -0.2) is 4.98 Å². The monoisotopic (exact) mass is 261 g/mol. The number of hydrogen-bond acceptors (Lipinski definition) is 1. The molecule has 0 saturated heterocycles. The van der Waals surface area contributed by atoms with E-state index in [9.17, 15) is 22.0 Å². The van der Waals surface area contributed by atoms with Crippen LogP contribution in [0, 0.1) is 6.92 Å². The molecular weight excluding hydrogens is 253 g/mol. The van der Waals surface area contributed by atoms with Crippen LogP contribution in [0.25, 0.3) is 10.9 Å². The maximum atomic E-state index is 13.1. The Morgan fingerprint density at radius 3 is 2.22 bits per heavy atom. The van der Waals surface area contributed by atoms with E-state index in [1.165, 1.54) is 12.1 Å². The van der Waals surface area contributed by atoms with Gasteiger partial charge in [0.25, 0.3) is 0 Å². The molecule has 0 fully saturated rings. The number of hydrogen-bond donors (Lipinski definition) is 0. The van der Waals surface area contributed by atoms with E-state index < -0.39 is 17.8 Å². The molecule has 0 aliphatic carbocycles. The van der Waals surface area contributed by atoms with Crippen molar-refractivity contribution < 1.29 is 22.0 Å². The molecular formula is C12H8F5N. The van der Waals surface area contributed by atoms with Gasteiger partial charge in [0.1, 0.15) is 5.69 Å². The molecule has 0 amide bonds. The van der Waals surface area contributed by atoms with Gasteiger partial charge in [-0.05, 0) is 25.1 Å². The average Bonchev–Trinajstić information content (AvgIpc) is 2.26. The van der Waals surface area contributed by atoms with Crippen molar-refractivity contribution in [2.45, 2.75) is 19.0 Å². The van der Waals surface area contributed by atoms with Crippen LogP contribution in [0.5, 0.6) is 0 Å². The number of rotatable bonds is 1. The van der Waals surface area contributed by atoms with Crippen LogP contribution >= 0.6 is 0 Å². The minimum Gasteiger partial charge on any atom is -0.246 e. The van der Waals surface area contributed by atoms with E-state index in [1.54, 1.807) is 19.1 Å². The third-order valence-corrected chi connectivity index (χ3v) is 2.52. The number of benzene rings is 1. The normalized spacial score (nSPS) is 13.0. The molecule has 1 aromatic heterocycles. The van der Waals surface area contributed by atoms with Gasteiger partial charge < -0.3 is 0 Å². The van der Waals surface area contributed by atoms with Gasteiger partial charge in [0.2, 0.25) is 0 Å². The third kappa shape index (κ3) is 2.02. The van der Waals surface area contributed by atoms with Gasteiger partial charge in [-0.15, -0.1) is 0 Å². The van der Waals surface area contributed by atoms with Crippen molar-refractivity contribution in [2.75, 3.05) is 0 Å². The summed E-state index contributed by atoms with van der Waals surface area (Å²) < 4.78 is 62.7. The van der Waals surface area contributed by atoms with E-state index >= 15 is 0 Å². The van der Waals surface area contributed by atoms with Gasteiger partial charge in [0.05, 0.1) is 5.52 Å². The fourth-order valence-corrected chi connectivity index (χ4v) is 1.57. The zero-order valence-electron chi connectivity index (χ0n) is 9.22. The van der Waals surface area contributed by atoms with Crippen LogP contribution in [-0.4, -0.2) is 11.2 Å². The van der Waals surface area contributed by atoms with Gasteiger partial charge in [-0.1, -0.05) is 17.7 Å². The lowest BCUT2D eigenvalue weighted by Gasteiger charge is -2.19. The first kappa shape index (κ1) is 12.7. The topological polar surface area (TPSA) is 12.9 Å². The number of fused-ring (bicyclic) bond motifs is 1. The predicted molar refractivity (Wildman–Crippen MR) is 56.4 cm³/mol. The van der Waals surface area contributed by atoms with Crippen molar-refractivity contribution >= 4 is 10.9 Å². The second-order valence-electron chi connectivity index (χ2n) is 3.96. The van der Waals surface area contributed by atoms with E-state index in [-0.39, 0.29) is 5.52 Å². The number of aromatic nitrogens is 1. The molecule has 0 spiro atoms. The Bertz CT molecular complexity index is 589. The number of pyridine rings is 1. The van der Waals surface area contributed by atoms with Crippen molar-refractivity contribution in [3.63, 3.8) is 0 Å². The standard InChI is InChI=1S/C12H8F5N/c1-7-2-4-9-8(6-7)3-5-10(18-9)11(13,14)12(15,16)17/h2-6H,1H3. The zero-order valence-corrected chi connectivity index (χ0v) is 9.22. The Balaban J connectivity index is 2.58. The summed E-state index contributed by atoms with van der Waals surface area (Å²) in [4.78, 5) is 3.38. The van der Waals surface area contributed by atoms with Gasteiger partial charge in [-0.2, -0.15) is 22.0 Å². The lowest BCUT2D eigenvalue weighted by Crippen LogP contribution is -2.34. The summed E-state index contributed by atoms with van der Waals surface area (Å²) in [7, 11) is 0. The zero-order chi connectivity index (χ0) is 13.6. The van der Waals surface area contributed by atoms with Crippen molar-refractivity contribution in [1.82, 2.24) is 4.98 Å². The summed E-state index contributed by atoms with van der Waals surface area (Å²) in [6.07, 6.45) is -5.64. The highest BCUT2D eigenvalue weighted by molar-refractivity contribution is 5.79. The summed E-state index contributed by atoms with van der Waals surface area (Å²) in [5.74, 6) is -4.94. The first-order valence-electron chi connectivity index (χ1n) is 5.04. The number of aryl methyl sites for hydroxylation is 1. The van der Waals surface area contributed by atoms with E-state index in [0.717, 1.165) is 5.56 Å². The summed E-state index contributed by atoms with van der Waals surface area (Å²) in [5.41, 5.74) is -0.298. The molecule has 0 aliphatic heterocycles. The van der Waals surface area contributed by atoms with E-state index in [4.69, 9.17) is 0 Å². The second kappa shape index (κ2) is 3.90. The van der Waals surface area contributed by atoms with Crippen LogP contribution in [0.1, 0.15) is 11.3 Å². The van der Waals surface area contributed by atoms with Crippen molar-refractivity contribution in [2.24, 2.45) is 0 Å². The van der Waals surface area contributed by atoms with Gasteiger partial charge in [0, 0.05) is 5.39 Å². The Hall–Kier alpha value is -1.72. The number of halogens is 5. The fraction of sp³-hybridized carbons (Fsp3) is 0.250. The molecule has 2 rings (SSSR count). The predicted octanol–water partition coefficient (Wildman–Crippen LogP) is 4.20. The highest BCUT2D eigenvalue weighted by atomic mass is 19.4. The molecule has 0 aliphatic rings. The fourth-order valence-electron chi connectivity index (χ4n) is 1.57. The highest BCUT2D eigenvalue weighted by Crippen LogP contribution is 2.43. The average molecular weight is 261 g/mol. The van der Waals surface area contributed by atoms with Gasteiger partial charge in [-0.3, -0.25) is 0 Å². The van der Waals surface area contributed by atoms with Crippen molar-refractivity contribution in [1.29, 1.82) is 0 Å². The summed E-state index contributed by atoms with van der Waals surface area (Å²) >= 11 is 0. The first-order chi connectivity index (χ1) is 8.22. The lowest BCUT2D eigenvalue weighted by atomic mass is 10.1. The Morgan fingerprint density at radius 1 is 0.944 bits per heavy atom. The minimum absolute atomic E-state index is 0.113. The van der Waals surface area contributed by atoms with Crippen molar-refractivity contribution in [3.8, 4) is 0 Å². The smallest absolute Gasteiger partial charge is 0.246 e. The molecule has 6 heteroatoms. The van der Waals surface area contributed by atoms with Crippen LogP contribution in [0.3, 0.4) is 0 Å². The molecule has 1 heterocycles. The lowest BCUT2D eigenvalue weighted by molar-refractivity contribution is -0.290. The van der Waals surface area contributed by atoms with Crippen LogP contribution in [0.4, 0.5) is 22.0 Å². The Labute approximate surface area is 99.3 Å². The van der Waals surface area contributed by atoms with Crippen LogP contribution in [0.15, 0.2) is 30.3 Å². The maximum Gasteiger partial charge on any atom is 0.459 e. The maximum absolute atomic E-state index is 13.1.